The van der Waals surface area contributed by atoms with Gasteiger partial charge in [-0.1, -0.05) is 24.7 Å². The summed E-state index contributed by atoms with van der Waals surface area (Å²) in [5.74, 6) is 11.6. The van der Waals surface area contributed by atoms with Gasteiger partial charge in [0.15, 0.2) is 0 Å². The number of rotatable bonds is 1. The van der Waals surface area contributed by atoms with E-state index in [1.807, 2.05) is 0 Å². The van der Waals surface area contributed by atoms with Crippen LogP contribution in [0.15, 0.2) is 0 Å². The zero-order valence-corrected chi connectivity index (χ0v) is 16.9. The van der Waals surface area contributed by atoms with E-state index >= 15 is 0 Å². The smallest absolute Gasteiger partial charge is 0.0334 e. The molecule has 0 heteroatoms. The Balaban J connectivity index is 1.52. The summed E-state index contributed by atoms with van der Waals surface area (Å²) in [5.41, 5.74) is 1.50. The lowest BCUT2D eigenvalue weighted by atomic mass is 9.28. The number of hydrogen-bond acceptors (Lipinski definition) is 0. The standard InChI is InChI=1S/C27H32/c1-5-23-9-20-8-22(4,14-23)15-26(12-20,17-23)27-13-21-10-24(6-2,18-27)16-25(7-3,11-21)19-27/h1-3,20-21H,8-19H2,4H3. The molecule has 6 unspecified atom stereocenters. The number of hydrogen-bond donors (Lipinski definition) is 0. The molecule has 0 aliphatic heterocycles. The van der Waals surface area contributed by atoms with Crippen molar-refractivity contribution in [1.29, 1.82) is 0 Å². The number of terminal acetylenes is 3. The molecule has 140 valence electrons. The highest BCUT2D eigenvalue weighted by molar-refractivity contribution is 5.32. The average Bonchev–Trinajstić information content (AvgIpc) is 2.59. The van der Waals surface area contributed by atoms with Gasteiger partial charge in [0.2, 0.25) is 0 Å². The Morgan fingerprint density at radius 1 is 0.556 bits per heavy atom. The van der Waals surface area contributed by atoms with Gasteiger partial charge in [-0.3, -0.25) is 0 Å². The third-order valence-electron chi connectivity index (χ3n) is 10.5. The second kappa shape index (κ2) is 4.46. The van der Waals surface area contributed by atoms with E-state index in [-0.39, 0.29) is 16.2 Å². The van der Waals surface area contributed by atoms with E-state index in [1.165, 1.54) is 70.6 Å². The quantitative estimate of drug-likeness (QED) is 0.519. The third-order valence-corrected chi connectivity index (χ3v) is 10.5. The van der Waals surface area contributed by atoms with Crippen LogP contribution in [0.1, 0.15) is 84.0 Å². The predicted molar refractivity (Wildman–Crippen MR) is 109 cm³/mol. The molecule has 8 aliphatic rings. The van der Waals surface area contributed by atoms with Crippen molar-refractivity contribution >= 4 is 0 Å². The highest BCUT2D eigenvalue weighted by atomic mass is 14.8. The molecule has 8 rings (SSSR count). The Hall–Kier alpha value is -1.32. The van der Waals surface area contributed by atoms with Crippen LogP contribution in [0.4, 0.5) is 0 Å². The summed E-state index contributed by atoms with van der Waals surface area (Å²) in [4.78, 5) is 0. The zero-order valence-electron chi connectivity index (χ0n) is 16.9. The molecule has 0 aromatic heterocycles. The second-order valence-corrected chi connectivity index (χ2v) is 12.7. The van der Waals surface area contributed by atoms with E-state index in [0.717, 1.165) is 18.3 Å². The molecule has 0 aromatic rings. The van der Waals surface area contributed by atoms with Crippen molar-refractivity contribution in [3.05, 3.63) is 0 Å². The molecule has 0 amide bonds. The first-order chi connectivity index (χ1) is 12.7. The van der Waals surface area contributed by atoms with Crippen LogP contribution in [-0.4, -0.2) is 0 Å². The highest BCUT2D eigenvalue weighted by Crippen LogP contribution is 2.81. The van der Waals surface area contributed by atoms with Crippen molar-refractivity contribution in [1.82, 2.24) is 0 Å². The largest absolute Gasteiger partial charge is 0.120 e. The zero-order chi connectivity index (χ0) is 18.8. The first-order valence-electron chi connectivity index (χ1n) is 11.2. The molecule has 8 saturated carbocycles. The van der Waals surface area contributed by atoms with E-state index in [1.54, 1.807) is 0 Å². The lowest BCUT2D eigenvalue weighted by molar-refractivity contribution is -0.247. The van der Waals surface area contributed by atoms with Crippen molar-refractivity contribution in [2.75, 3.05) is 0 Å². The molecular formula is C27H32. The summed E-state index contributed by atoms with van der Waals surface area (Å²) in [6.45, 7) is 2.55. The summed E-state index contributed by atoms with van der Waals surface area (Å²) in [5, 5.41) is 0. The van der Waals surface area contributed by atoms with E-state index in [2.05, 4.69) is 24.7 Å². The maximum Gasteiger partial charge on any atom is 0.0334 e. The topological polar surface area (TPSA) is 0 Å². The maximum absolute atomic E-state index is 6.23. The molecular weight excluding hydrogens is 324 g/mol. The molecule has 0 nitrogen and oxygen atoms in total. The van der Waals surface area contributed by atoms with Crippen LogP contribution < -0.4 is 0 Å². The SMILES string of the molecule is C#CC12CC3CC(C)(C1)CC(C14CC5CC(C#C)(CC(C#C)(C5)C1)C4)(C3)C2. The van der Waals surface area contributed by atoms with Gasteiger partial charge < -0.3 is 0 Å². The summed E-state index contributed by atoms with van der Waals surface area (Å²) in [6.07, 6.45) is 34.0. The van der Waals surface area contributed by atoms with Crippen molar-refractivity contribution in [3.8, 4) is 37.0 Å². The predicted octanol–water partition coefficient (Wildman–Crippen LogP) is 5.82. The highest BCUT2D eigenvalue weighted by Gasteiger charge is 2.73. The Kier molecular flexibility index (Phi) is 2.75. The molecule has 0 aromatic carbocycles. The minimum Gasteiger partial charge on any atom is -0.120 e. The van der Waals surface area contributed by atoms with Gasteiger partial charge >= 0.3 is 0 Å². The fraction of sp³-hybridized carbons (Fsp3) is 0.778. The molecule has 27 heavy (non-hydrogen) atoms. The summed E-state index contributed by atoms with van der Waals surface area (Å²) < 4.78 is 0. The molecule has 8 fully saturated rings. The van der Waals surface area contributed by atoms with Crippen LogP contribution >= 0.6 is 0 Å². The average molecular weight is 357 g/mol. The second-order valence-electron chi connectivity index (χ2n) is 12.7. The third kappa shape index (κ3) is 1.86. The van der Waals surface area contributed by atoms with Gasteiger partial charge in [0.05, 0.1) is 0 Å². The molecule has 0 spiro atoms. The molecule has 8 bridgehead atoms. The summed E-state index contributed by atoms with van der Waals surface area (Å²) in [6, 6.07) is 0. The molecule has 0 radical (unpaired) electrons. The Morgan fingerprint density at radius 2 is 1.00 bits per heavy atom. The van der Waals surface area contributed by atoms with Gasteiger partial charge in [-0.05, 0) is 105 Å². The van der Waals surface area contributed by atoms with Gasteiger partial charge in [0.25, 0.3) is 0 Å². The minimum absolute atomic E-state index is 0.0688. The van der Waals surface area contributed by atoms with Gasteiger partial charge in [0, 0.05) is 16.2 Å². The van der Waals surface area contributed by atoms with Gasteiger partial charge in [-0.2, -0.15) is 0 Å². The van der Waals surface area contributed by atoms with Crippen LogP contribution in [0.5, 0.6) is 0 Å². The fourth-order valence-electron chi connectivity index (χ4n) is 11.0. The lowest BCUT2D eigenvalue weighted by Gasteiger charge is -2.75. The summed E-state index contributed by atoms with van der Waals surface area (Å²) >= 11 is 0. The maximum atomic E-state index is 6.23. The first-order valence-corrected chi connectivity index (χ1v) is 11.2. The van der Waals surface area contributed by atoms with E-state index in [9.17, 15) is 0 Å². The van der Waals surface area contributed by atoms with Crippen LogP contribution in [0.2, 0.25) is 0 Å². The Morgan fingerprint density at radius 3 is 1.48 bits per heavy atom. The summed E-state index contributed by atoms with van der Waals surface area (Å²) in [7, 11) is 0. The van der Waals surface area contributed by atoms with Crippen molar-refractivity contribution in [3.63, 3.8) is 0 Å². The minimum atomic E-state index is 0.0688. The van der Waals surface area contributed by atoms with Gasteiger partial charge in [-0.25, -0.2) is 0 Å². The van der Waals surface area contributed by atoms with Crippen LogP contribution in [0.25, 0.3) is 0 Å². The van der Waals surface area contributed by atoms with Crippen molar-refractivity contribution in [2.45, 2.75) is 84.0 Å². The van der Waals surface area contributed by atoms with Gasteiger partial charge in [0.1, 0.15) is 0 Å². The van der Waals surface area contributed by atoms with E-state index in [0.29, 0.717) is 16.2 Å². The van der Waals surface area contributed by atoms with Crippen molar-refractivity contribution < 1.29 is 0 Å². The molecule has 0 saturated heterocycles. The van der Waals surface area contributed by atoms with Gasteiger partial charge in [-0.15, -0.1) is 19.3 Å². The van der Waals surface area contributed by atoms with Crippen LogP contribution in [0, 0.1) is 81.4 Å². The Bertz CT molecular complexity index is 826. The molecule has 8 aliphatic carbocycles. The Labute approximate surface area is 165 Å². The fourth-order valence-corrected chi connectivity index (χ4v) is 11.0. The van der Waals surface area contributed by atoms with E-state index < -0.39 is 0 Å². The lowest BCUT2D eigenvalue weighted by Crippen LogP contribution is -2.67. The molecule has 6 atom stereocenters. The van der Waals surface area contributed by atoms with Crippen molar-refractivity contribution in [2.24, 2.45) is 44.3 Å². The normalized spacial score (nSPS) is 62.0. The first kappa shape index (κ1) is 16.6. The monoisotopic (exact) mass is 356 g/mol. The molecule has 0 N–H and O–H groups in total. The molecule has 0 heterocycles. The van der Waals surface area contributed by atoms with E-state index in [4.69, 9.17) is 19.3 Å². The van der Waals surface area contributed by atoms with Crippen LogP contribution in [0.3, 0.4) is 0 Å². The van der Waals surface area contributed by atoms with Crippen LogP contribution in [-0.2, 0) is 0 Å².